The van der Waals surface area contributed by atoms with Crippen LogP contribution in [0.3, 0.4) is 0 Å². The number of ether oxygens (including phenoxy) is 1. The summed E-state index contributed by atoms with van der Waals surface area (Å²) in [6.45, 7) is 6.78. The molecular formula is C24H30N4O2. The van der Waals surface area contributed by atoms with E-state index in [-0.39, 0.29) is 5.91 Å². The number of nitrogens with zero attached hydrogens (tertiary/aromatic N) is 3. The average molecular weight is 407 g/mol. The molecule has 0 aliphatic rings. The van der Waals surface area contributed by atoms with Gasteiger partial charge in [0.1, 0.15) is 5.82 Å². The lowest BCUT2D eigenvalue weighted by Gasteiger charge is -2.27. The molecule has 0 aliphatic carbocycles. The molecule has 0 fully saturated rings. The summed E-state index contributed by atoms with van der Waals surface area (Å²) in [4.78, 5) is 24.2. The van der Waals surface area contributed by atoms with Gasteiger partial charge in [-0.1, -0.05) is 56.3 Å². The van der Waals surface area contributed by atoms with E-state index in [9.17, 15) is 4.79 Å². The van der Waals surface area contributed by atoms with Gasteiger partial charge >= 0.3 is 0 Å². The molecule has 0 atom stereocenters. The summed E-state index contributed by atoms with van der Waals surface area (Å²) in [5.74, 6) is 2.01. The van der Waals surface area contributed by atoms with Crippen LogP contribution in [0.2, 0.25) is 0 Å². The van der Waals surface area contributed by atoms with Crippen LogP contribution in [0.15, 0.2) is 54.6 Å². The van der Waals surface area contributed by atoms with Crippen LogP contribution in [0, 0.1) is 5.92 Å². The molecule has 0 radical (unpaired) electrons. The zero-order valence-electron chi connectivity index (χ0n) is 18.0. The van der Waals surface area contributed by atoms with Crippen LogP contribution in [-0.4, -0.2) is 49.2 Å². The Morgan fingerprint density at radius 1 is 1.07 bits per heavy atom. The normalized spacial score (nSPS) is 11.1. The van der Waals surface area contributed by atoms with Crippen LogP contribution < -0.4 is 10.2 Å². The summed E-state index contributed by atoms with van der Waals surface area (Å²) in [6.07, 6.45) is 0.398. The van der Waals surface area contributed by atoms with Crippen molar-refractivity contribution in [3.05, 3.63) is 54.6 Å². The van der Waals surface area contributed by atoms with Crippen molar-refractivity contribution in [2.45, 2.75) is 20.3 Å². The number of aromatic nitrogens is 2. The fourth-order valence-electron chi connectivity index (χ4n) is 3.36. The molecule has 6 heteroatoms. The van der Waals surface area contributed by atoms with Gasteiger partial charge in [-0.25, -0.2) is 9.97 Å². The second-order valence-electron chi connectivity index (χ2n) is 7.69. The van der Waals surface area contributed by atoms with Gasteiger partial charge in [0.05, 0.1) is 12.1 Å². The Labute approximate surface area is 178 Å². The van der Waals surface area contributed by atoms with E-state index in [1.165, 1.54) is 0 Å². The molecule has 158 valence electrons. The lowest BCUT2D eigenvalue weighted by molar-refractivity contribution is -0.121. The molecule has 0 aliphatic heterocycles. The highest BCUT2D eigenvalue weighted by atomic mass is 16.5. The van der Waals surface area contributed by atoms with Crippen molar-refractivity contribution in [2.75, 3.05) is 38.3 Å². The molecule has 1 heterocycles. The standard InChI is InChI=1S/C24H30N4O2/c1-18(2)17-28(15-13-22(29)25-14-16-30-3)24-20-11-7-8-12-21(20)26-23(27-24)19-9-5-4-6-10-19/h4-12,18H,13-17H2,1-3H3,(H,25,29). The highest BCUT2D eigenvalue weighted by molar-refractivity contribution is 5.91. The fraction of sp³-hybridized carbons (Fsp3) is 0.375. The number of fused-ring (bicyclic) bond motifs is 1. The Morgan fingerprint density at radius 2 is 1.80 bits per heavy atom. The number of rotatable bonds is 10. The number of benzene rings is 2. The van der Waals surface area contributed by atoms with E-state index in [1.807, 2.05) is 54.6 Å². The lowest BCUT2D eigenvalue weighted by Crippen LogP contribution is -2.34. The summed E-state index contributed by atoms with van der Waals surface area (Å²) in [5.41, 5.74) is 1.88. The van der Waals surface area contributed by atoms with Gasteiger partial charge < -0.3 is 15.0 Å². The summed E-state index contributed by atoms with van der Waals surface area (Å²) in [6, 6.07) is 18.1. The molecule has 2 aromatic carbocycles. The highest BCUT2D eigenvalue weighted by Gasteiger charge is 2.17. The second-order valence-corrected chi connectivity index (χ2v) is 7.69. The van der Waals surface area contributed by atoms with Crippen molar-refractivity contribution in [3.63, 3.8) is 0 Å². The van der Waals surface area contributed by atoms with Crippen molar-refractivity contribution in [2.24, 2.45) is 5.92 Å². The maximum absolute atomic E-state index is 12.3. The molecule has 30 heavy (non-hydrogen) atoms. The molecule has 3 aromatic rings. The molecule has 1 aromatic heterocycles. The molecular weight excluding hydrogens is 376 g/mol. The van der Waals surface area contributed by atoms with E-state index in [0.29, 0.717) is 37.9 Å². The van der Waals surface area contributed by atoms with Gasteiger partial charge in [-0.2, -0.15) is 0 Å². The number of methoxy groups -OCH3 is 1. The van der Waals surface area contributed by atoms with Crippen LogP contribution in [0.4, 0.5) is 5.82 Å². The quantitative estimate of drug-likeness (QED) is 0.517. The molecule has 1 N–H and O–H groups in total. The number of para-hydroxylation sites is 1. The summed E-state index contributed by atoms with van der Waals surface area (Å²) in [5, 5.41) is 3.89. The smallest absolute Gasteiger partial charge is 0.221 e. The molecule has 6 nitrogen and oxygen atoms in total. The first-order valence-corrected chi connectivity index (χ1v) is 10.4. The number of hydrogen-bond donors (Lipinski definition) is 1. The third-order valence-corrected chi connectivity index (χ3v) is 4.74. The number of anilines is 1. The van der Waals surface area contributed by atoms with E-state index < -0.39 is 0 Å². The molecule has 0 saturated carbocycles. The Hall–Kier alpha value is -2.99. The van der Waals surface area contributed by atoms with Crippen molar-refractivity contribution in [1.82, 2.24) is 15.3 Å². The Morgan fingerprint density at radius 3 is 2.53 bits per heavy atom. The van der Waals surface area contributed by atoms with E-state index in [0.717, 1.165) is 28.8 Å². The largest absolute Gasteiger partial charge is 0.383 e. The predicted octanol–water partition coefficient (Wildman–Crippen LogP) is 3.91. The van der Waals surface area contributed by atoms with Crippen molar-refractivity contribution < 1.29 is 9.53 Å². The van der Waals surface area contributed by atoms with Gasteiger partial charge in [-0.05, 0) is 18.1 Å². The molecule has 0 saturated heterocycles. The van der Waals surface area contributed by atoms with Crippen LogP contribution in [-0.2, 0) is 9.53 Å². The predicted molar refractivity (Wildman–Crippen MR) is 122 cm³/mol. The monoisotopic (exact) mass is 406 g/mol. The number of hydrogen-bond acceptors (Lipinski definition) is 5. The SMILES string of the molecule is COCCNC(=O)CCN(CC(C)C)c1nc(-c2ccccc2)nc2ccccc12. The third-order valence-electron chi connectivity index (χ3n) is 4.74. The van der Waals surface area contributed by atoms with Gasteiger partial charge in [-0.3, -0.25) is 4.79 Å². The second kappa shape index (κ2) is 10.7. The summed E-state index contributed by atoms with van der Waals surface area (Å²) < 4.78 is 5.00. The molecule has 1 amide bonds. The molecule has 3 rings (SSSR count). The number of carbonyl (C=O) groups is 1. The minimum atomic E-state index is 0.0162. The molecule has 0 unspecified atom stereocenters. The van der Waals surface area contributed by atoms with Crippen LogP contribution in [0.1, 0.15) is 20.3 Å². The van der Waals surface area contributed by atoms with E-state index >= 15 is 0 Å². The maximum Gasteiger partial charge on any atom is 0.221 e. The zero-order chi connectivity index (χ0) is 21.3. The van der Waals surface area contributed by atoms with E-state index in [4.69, 9.17) is 14.7 Å². The van der Waals surface area contributed by atoms with Crippen LogP contribution >= 0.6 is 0 Å². The molecule has 0 bridgehead atoms. The van der Waals surface area contributed by atoms with Crippen molar-refractivity contribution >= 4 is 22.6 Å². The van der Waals surface area contributed by atoms with Gasteiger partial charge in [-0.15, -0.1) is 0 Å². The zero-order valence-corrected chi connectivity index (χ0v) is 18.0. The topological polar surface area (TPSA) is 67.3 Å². The first-order chi connectivity index (χ1) is 14.6. The van der Waals surface area contributed by atoms with Gasteiger partial charge in [0, 0.05) is 44.1 Å². The number of nitrogens with one attached hydrogen (secondary N) is 1. The van der Waals surface area contributed by atoms with Crippen molar-refractivity contribution in [3.8, 4) is 11.4 Å². The molecule has 0 spiro atoms. The Kier molecular flexibility index (Phi) is 7.74. The van der Waals surface area contributed by atoms with Gasteiger partial charge in [0.15, 0.2) is 5.82 Å². The fourth-order valence-corrected chi connectivity index (χ4v) is 3.36. The summed E-state index contributed by atoms with van der Waals surface area (Å²) in [7, 11) is 1.63. The van der Waals surface area contributed by atoms with Crippen LogP contribution in [0.25, 0.3) is 22.3 Å². The summed E-state index contributed by atoms with van der Waals surface area (Å²) >= 11 is 0. The number of carbonyl (C=O) groups excluding carboxylic acids is 1. The Bertz CT molecular complexity index is 960. The maximum atomic E-state index is 12.3. The highest BCUT2D eigenvalue weighted by Crippen LogP contribution is 2.28. The van der Waals surface area contributed by atoms with Crippen LogP contribution in [0.5, 0.6) is 0 Å². The first-order valence-electron chi connectivity index (χ1n) is 10.4. The van der Waals surface area contributed by atoms with Gasteiger partial charge in [0.25, 0.3) is 0 Å². The lowest BCUT2D eigenvalue weighted by atomic mass is 10.1. The van der Waals surface area contributed by atoms with E-state index in [1.54, 1.807) is 7.11 Å². The van der Waals surface area contributed by atoms with Gasteiger partial charge in [0.2, 0.25) is 5.91 Å². The minimum absolute atomic E-state index is 0.0162. The average Bonchev–Trinajstić information content (AvgIpc) is 2.76. The van der Waals surface area contributed by atoms with Crippen molar-refractivity contribution in [1.29, 1.82) is 0 Å². The Balaban J connectivity index is 1.93. The van der Waals surface area contributed by atoms with E-state index in [2.05, 4.69) is 24.1 Å². The first kappa shape index (κ1) is 21.7. The third kappa shape index (κ3) is 5.76. The number of amides is 1. The minimum Gasteiger partial charge on any atom is -0.383 e.